The maximum atomic E-state index is 11.7. The van der Waals surface area contributed by atoms with Crippen molar-refractivity contribution in [1.82, 2.24) is 20.1 Å². The SMILES string of the molecule is O=C1NCCN1C1CCN(Cc2nc3ccccc3s2)CC1. The van der Waals surface area contributed by atoms with Crippen molar-refractivity contribution in [3.63, 3.8) is 0 Å². The second-order valence-electron chi connectivity index (χ2n) is 6.01. The number of amides is 2. The first-order valence-electron chi connectivity index (χ1n) is 7.91. The standard InChI is InChI=1S/C16H20N4OS/c21-16-17-7-10-20(16)12-5-8-19(9-6-12)11-15-18-13-3-1-2-4-14(13)22-15/h1-4,12H,5-11H2,(H,17,21). The normalized spacial score (nSPS) is 20.7. The molecule has 5 nitrogen and oxygen atoms in total. The molecule has 1 aromatic heterocycles. The summed E-state index contributed by atoms with van der Waals surface area (Å²) in [6.07, 6.45) is 2.14. The summed E-state index contributed by atoms with van der Waals surface area (Å²) in [6.45, 7) is 4.68. The van der Waals surface area contributed by atoms with E-state index in [-0.39, 0.29) is 6.03 Å². The lowest BCUT2D eigenvalue weighted by molar-refractivity contribution is 0.132. The van der Waals surface area contributed by atoms with E-state index in [1.54, 1.807) is 11.3 Å². The van der Waals surface area contributed by atoms with Crippen molar-refractivity contribution in [2.45, 2.75) is 25.4 Å². The van der Waals surface area contributed by atoms with Crippen molar-refractivity contribution in [3.05, 3.63) is 29.3 Å². The van der Waals surface area contributed by atoms with Crippen LogP contribution in [0.25, 0.3) is 10.2 Å². The summed E-state index contributed by atoms with van der Waals surface area (Å²) in [5.74, 6) is 0. The molecular weight excluding hydrogens is 296 g/mol. The number of piperidine rings is 1. The minimum Gasteiger partial charge on any atom is -0.336 e. The Morgan fingerprint density at radius 3 is 2.77 bits per heavy atom. The zero-order valence-electron chi connectivity index (χ0n) is 12.5. The van der Waals surface area contributed by atoms with Crippen LogP contribution >= 0.6 is 11.3 Å². The Balaban J connectivity index is 1.36. The first-order valence-corrected chi connectivity index (χ1v) is 8.72. The van der Waals surface area contributed by atoms with Gasteiger partial charge in [0.05, 0.1) is 16.8 Å². The van der Waals surface area contributed by atoms with E-state index in [1.165, 1.54) is 9.71 Å². The van der Waals surface area contributed by atoms with Gasteiger partial charge in [0.1, 0.15) is 5.01 Å². The summed E-state index contributed by atoms with van der Waals surface area (Å²) in [5.41, 5.74) is 1.10. The molecule has 2 aliphatic rings. The van der Waals surface area contributed by atoms with Gasteiger partial charge in [0.2, 0.25) is 0 Å². The van der Waals surface area contributed by atoms with Gasteiger partial charge in [0.15, 0.2) is 0 Å². The molecule has 0 aliphatic carbocycles. The first-order chi connectivity index (χ1) is 10.8. The van der Waals surface area contributed by atoms with Crippen LogP contribution in [-0.4, -0.2) is 53.0 Å². The van der Waals surface area contributed by atoms with Crippen LogP contribution < -0.4 is 5.32 Å². The number of aromatic nitrogens is 1. The fourth-order valence-electron chi connectivity index (χ4n) is 3.40. The van der Waals surface area contributed by atoms with Gasteiger partial charge in [-0.3, -0.25) is 4.90 Å². The van der Waals surface area contributed by atoms with E-state index in [0.29, 0.717) is 6.04 Å². The van der Waals surface area contributed by atoms with Gasteiger partial charge in [-0.05, 0) is 25.0 Å². The summed E-state index contributed by atoms with van der Waals surface area (Å²) in [4.78, 5) is 20.9. The minimum absolute atomic E-state index is 0.115. The van der Waals surface area contributed by atoms with Crippen molar-refractivity contribution in [3.8, 4) is 0 Å². The summed E-state index contributed by atoms with van der Waals surface area (Å²) in [5, 5.41) is 4.09. The molecule has 3 heterocycles. The van der Waals surface area contributed by atoms with Crippen molar-refractivity contribution < 1.29 is 4.79 Å². The molecule has 4 rings (SSSR count). The number of para-hydroxylation sites is 1. The highest BCUT2D eigenvalue weighted by atomic mass is 32.1. The summed E-state index contributed by atoms with van der Waals surface area (Å²) in [6, 6.07) is 8.84. The van der Waals surface area contributed by atoms with Crippen LogP contribution in [0.5, 0.6) is 0 Å². The minimum atomic E-state index is 0.115. The molecule has 6 heteroatoms. The number of carbonyl (C=O) groups is 1. The van der Waals surface area contributed by atoms with Crippen molar-refractivity contribution in [1.29, 1.82) is 0 Å². The fourth-order valence-corrected chi connectivity index (χ4v) is 4.41. The number of likely N-dealkylation sites (tertiary alicyclic amines) is 1. The van der Waals surface area contributed by atoms with Crippen LogP contribution in [0.4, 0.5) is 4.79 Å². The molecule has 1 N–H and O–H groups in total. The molecule has 116 valence electrons. The number of nitrogens with zero attached hydrogens (tertiary/aromatic N) is 3. The van der Waals surface area contributed by atoms with Gasteiger partial charge in [0.25, 0.3) is 0 Å². The Morgan fingerprint density at radius 2 is 2.05 bits per heavy atom. The highest BCUT2D eigenvalue weighted by Crippen LogP contribution is 2.25. The molecular formula is C16H20N4OS. The Morgan fingerprint density at radius 1 is 1.23 bits per heavy atom. The van der Waals surface area contributed by atoms with Crippen LogP contribution in [0.15, 0.2) is 24.3 Å². The van der Waals surface area contributed by atoms with Crippen LogP contribution in [0.3, 0.4) is 0 Å². The van der Waals surface area contributed by atoms with Gasteiger partial charge >= 0.3 is 6.03 Å². The molecule has 0 spiro atoms. The van der Waals surface area contributed by atoms with Gasteiger partial charge in [-0.1, -0.05) is 12.1 Å². The van der Waals surface area contributed by atoms with E-state index in [1.807, 2.05) is 11.0 Å². The zero-order chi connectivity index (χ0) is 14.9. The first kappa shape index (κ1) is 14.0. The lowest BCUT2D eigenvalue weighted by atomic mass is 10.0. The van der Waals surface area contributed by atoms with E-state index in [0.717, 1.165) is 51.1 Å². The number of rotatable bonds is 3. The molecule has 0 saturated carbocycles. The van der Waals surface area contributed by atoms with E-state index in [9.17, 15) is 4.79 Å². The number of fused-ring (bicyclic) bond motifs is 1. The van der Waals surface area contributed by atoms with E-state index in [2.05, 4.69) is 28.4 Å². The topological polar surface area (TPSA) is 48.5 Å². The number of benzene rings is 1. The largest absolute Gasteiger partial charge is 0.336 e. The summed E-state index contributed by atoms with van der Waals surface area (Å²) >= 11 is 1.79. The number of nitrogens with one attached hydrogen (secondary N) is 1. The monoisotopic (exact) mass is 316 g/mol. The molecule has 0 unspecified atom stereocenters. The zero-order valence-corrected chi connectivity index (χ0v) is 13.3. The van der Waals surface area contributed by atoms with Gasteiger partial charge in [-0.2, -0.15) is 0 Å². The summed E-state index contributed by atoms with van der Waals surface area (Å²) < 4.78 is 1.26. The molecule has 2 fully saturated rings. The van der Waals surface area contributed by atoms with Crippen LogP contribution in [-0.2, 0) is 6.54 Å². The average molecular weight is 316 g/mol. The third-order valence-electron chi connectivity index (χ3n) is 4.58. The molecule has 0 atom stereocenters. The Bertz CT molecular complexity index is 645. The predicted octanol–water partition coefficient (Wildman–Crippen LogP) is 2.29. The van der Waals surface area contributed by atoms with Gasteiger partial charge in [-0.15, -0.1) is 11.3 Å². The van der Waals surface area contributed by atoms with Crippen LogP contribution in [0, 0.1) is 0 Å². The maximum absolute atomic E-state index is 11.7. The third kappa shape index (κ3) is 2.68. The number of urea groups is 1. The Hall–Kier alpha value is -1.66. The second kappa shape index (κ2) is 5.85. The van der Waals surface area contributed by atoms with E-state index >= 15 is 0 Å². The highest BCUT2D eigenvalue weighted by Gasteiger charge is 2.30. The van der Waals surface area contributed by atoms with Crippen molar-refractivity contribution >= 4 is 27.6 Å². The number of carbonyl (C=O) groups excluding carboxylic acids is 1. The molecule has 2 amide bonds. The van der Waals surface area contributed by atoms with Gasteiger partial charge < -0.3 is 10.2 Å². The third-order valence-corrected chi connectivity index (χ3v) is 5.61. The molecule has 2 aliphatic heterocycles. The quantitative estimate of drug-likeness (QED) is 0.945. The van der Waals surface area contributed by atoms with Gasteiger partial charge in [-0.25, -0.2) is 9.78 Å². The number of hydrogen-bond acceptors (Lipinski definition) is 4. The van der Waals surface area contributed by atoms with Crippen LogP contribution in [0.2, 0.25) is 0 Å². The van der Waals surface area contributed by atoms with E-state index in [4.69, 9.17) is 4.98 Å². The van der Waals surface area contributed by atoms with Crippen molar-refractivity contribution in [2.24, 2.45) is 0 Å². The smallest absolute Gasteiger partial charge is 0.317 e. The Labute approximate surface area is 133 Å². The molecule has 2 saturated heterocycles. The maximum Gasteiger partial charge on any atom is 0.317 e. The average Bonchev–Trinajstić information content (AvgIpc) is 3.13. The second-order valence-corrected chi connectivity index (χ2v) is 7.12. The highest BCUT2D eigenvalue weighted by molar-refractivity contribution is 7.18. The molecule has 22 heavy (non-hydrogen) atoms. The lowest BCUT2D eigenvalue weighted by Crippen LogP contribution is -2.45. The molecule has 0 radical (unpaired) electrons. The molecule has 1 aromatic carbocycles. The number of thiazole rings is 1. The summed E-state index contributed by atoms with van der Waals surface area (Å²) in [7, 11) is 0. The fraction of sp³-hybridized carbons (Fsp3) is 0.500. The van der Waals surface area contributed by atoms with E-state index < -0.39 is 0 Å². The molecule has 0 bridgehead atoms. The van der Waals surface area contributed by atoms with Crippen LogP contribution in [0.1, 0.15) is 17.8 Å². The lowest BCUT2D eigenvalue weighted by Gasteiger charge is -2.35. The molecule has 2 aromatic rings. The van der Waals surface area contributed by atoms with Gasteiger partial charge in [0, 0.05) is 32.2 Å². The van der Waals surface area contributed by atoms with Crippen molar-refractivity contribution in [2.75, 3.05) is 26.2 Å². The number of hydrogen-bond donors (Lipinski definition) is 1. The Kier molecular flexibility index (Phi) is 3.72. The predicted molar refractivity (Wildman–Crippen MR) is 88.0 cm³/mol.